The Morgan fingerprint density at radius 2 is 1.18 bits per heavy atom. The summed E-state index contributed by atoms with van der Waals surface area (Å²) in [6, 6.07) is 8.42. The van der Waals surface area contributed by atoms with Gasteiger partial charge >= 0.3 is 0 Å². The Labute approximate surface area is 259 Å². The second kappa shape index (κ2) is 13.2. The van der Waals surface area contributed by atoms with Crippen molar-refractivity contribution < 1.29 is 0 Å². The summed E-state index contributed by atoms with van der Waals surface area (Å²) in [5.41, 5.74) is 5.67. The molecule has 0 saturated heterocycles. The minimum Gasteiger partial charge on any atom is -0.254 e. The lowest BCUT2D eigenvalue weighted by molar-refractivity contribution is 0.897. The molecule has 38 heavy (non-hydrogen) atoms. The van der Waals surface area contributed by atoms with Crippen LogP contribution in [0, 0.1) is 0 Å². The van der Waals surface area contributed by atoms with Crippen LogP contribution in [0.4, 0.5) is 0 Å². The Kier molecular flexibility index (Phi) is 9.70. The maximum Gasteiger partial charge on any atom is 0.0971 e. The Hall–Kier alpha value is -0.200. The molecule has 5 heterocycles. The second-order valence-corrected chi connectivity index (χ2v) is 18.0. The number of hydrogen-bond acceptors (Lipinski definition) is 10. The number of unbranched alkanes of at least 4 members (excludes halogenated alkanes) is 2. The quantitative estimate of drug-likeness (QED) is 0.209. The highest BCUT2D eigenvalue weighted by atomic mass is 32.3. The molecule has 2 aromatic heterocycles. The summed E-state index contributed by atoms with van der Waals surface area (Å²) in [5.74, 6) is 2.44. The van der Waals surface area contributed by atoms with Crippen LogP contribution >= 0.6 is 94.1 Å². The van der Waals surface area contributed by atoms with Crippen LogP contribution in [0.3, 0.4) is 0 Å². The second-order valence-electron chi connectivity index (χ2n) is 8.62. The molecule has 0 saturated carbocycles. The Bertz CT molecular complexity index is 1330. The van der Waals surface area contributed by atoms with Crippen molar-refractivity contribution in [3.8, 4) is 11.4 Å². The number of thioether (sulfide) groups is 8. The summed E-state index contributed by atoms with van der Waals surface area (Å²) >= 11 is 15.7. The summed E-state index contributed by atoms with van der Waals surface area (Å²) < 4.78 is 7.28. The first-order valence-corrected chi connectivity index (χ1v) is 19.6. The highest BCUT2D eigenvalue weighted by molar-refractivity contribution is 8.42. The van der Waals surface area contributed by atoms with E-state index in [1.54, 1.807) is 0 Å². The van der Waals surface area contributed by atoms with E-state index < -0.39 is 0 Å². The van der Waals surface area contributed by atoms with Crippen molar-refractivity contribution in [1.82, 2.24) is 9.97 Å². The van der Waals surface area contributed by atoms with Gasteiger partial charge in [-0.05, 0) is 47.3 Å². The Morgan fingerprint density at radius 1 is 0.658 bits per heavy atom. The minimum absolute atomic E-state index is 1.00. The normalized spacial score (nSPS) is 18.5. The fourth-order valence-corrected chi connectivity index (χ4v) is 15.4. The van der Waals surface area contributed by atoms with Crippen LogP contribution in [0.5, 0.6) is 0 Å². The molecule has 0 spiro atoms. The van der Waals surface area contributed by atoms with E-state index in [9.17, 15) is 0 Å². The van der Waals surface area contributed by atoms with Crippen molar-refractivity contribution in [3.05, 3.63) is 89.6 Å². The average Bonchev–Trinajstić information content (AvgIpc) is 3.73. The van der Waals surface area contributed by atoms with Gasteiger partial charge in [-0.1, -0.05) is 109 Å². The molecule has 0 unspecified atom stereocenters. The standard InChI is InChI=1S/C28H26N2S8/c1-3-5-13-31-25-26(32-14-6-4-2)38-28(37-25)27-34-16-20(36-27)19-15-33-24(35-19)21-17-9-7-11-29-22(17)23-18(21)10-8-12-30-23/h7-12,15-16H,3-6,13-14H2,1-2H3. The van der Waals surface area contributed by atoms with E-state index in [0.29, 0.717) is 0 Å². The molecule has 0 fully saturated rings. The lowest BCUT2D eigenvalue weighted by Crippen LogP contribution is -1.84. The average molecular weight is 647 g/mol. The zero-order chi connectivity index (χ0) is 25.9. The third-order valence-corrected chi connectivity index (χ3v) is 17.1. The number of rotatable bonds is 9. The van der Waals surface area contributed by atoms with Gasteiger partial charge in [-0.2, -0.15) is 0 Å². The zero-order valence-electron chi connectivity index (χ0n) is 21.0. The number of hydrogen-bond donors (Lipinski definition) is 0. The molecule has 196 valence electrons. The predicted octanol–water partition coefficient (Wildman–Crippen LogP) is 11.6. The summed E-state index contributed by atoms with van der Waals surface area (Å²) in [5, 5.41) is 4.68. The fourth-order valence-electron chi connectivity index (χ4n) is 4.03. The van der Waals surface area contributed by atoms with Gasteiger partial charge < -0.3 is 0 Å². The zero-order valence-corrected chi connectivity index (χ0v) is 27.6. The highest BCUT2D eigenvalue weighted by Gasteiger charge is 2.33. The molecule has 1 aliphatic carbocycles. The van der Waals surface area contributed by atoms with E-state index >= 15 is 0 Å². The lowest BCUT2D eigenvalue weighted by Gasteiger charge is -2.07. The van der Waals surface area contributed by atoms with Crippen molar-refractivity contribution in [3.63, 3.8) is 0 Å². The topological polar surface area (TPSA) is 25.8 Å². The molecule has 3 aliphatic heterocycles. The van der Waals surface area contributed by atoms with Gasteiger partial charge in [0.25, 0.3) is 0 Å². The van der Waals surface area contributed by atoms with Gasteiger partial charge in [0, 0.05) is 38.9 Å². The van der Waals surface area contributed by atoms with Gasteiger partial charge in [0.15, 0.2) is 0 Å². The van der Waals surface area contributed by atoms with Crippen molar-refractivity contribution >= 4 is 99.7 Å². The molecule has 2 nitrogen and oxygen atoms in total. The molecule has 0 bridgehead atoms. The number of aromatic nitrogens is 2. The van der Waals surface area contributed by atoms with E-state index in [0.717, 1.165) is 11.4 Å². The first-order chi connectivity index (χ1) is 18.8. The minimum atomic E-state index is 1.00. The van der Waals surface area contributed by atoms with Gasteiger partial charge in [-0.15, -0.1) is 23.5 Å². The first kappa shape index (κ1) is 27.9. The largest absolute Gasteiger partial charge is 0.254 e. The summed E-state index contributed by atoms with van der Waals surface area (Å²) in [4.78, 5) is 12.0. The van der Waals surface area contributed by atoms with Crippen LogP contribution in [0.2, 0.25) is 0 Å². The molecule has 0 amide bonds. The SMILES string of the molecule is CCCCSC1=C(SCCCC)SC(=C2SC=C(C3=CSC(=C4c5cccnc5-c5ncccc54)S3)S2)S1. The van der Waals surface area contributed by atoms with Gasteiger partial charge in [0.2, 0.25) is 0 Å². The summed E-state index contributed by atoms with van der Waals surface area (Å²) in [6.45, 7) is 4.56. The monoisotopic (exact) mass is 646 g/mol. The maximum absolute atomic E-state index is 4.66. The molecule has 0 atom stereocenters. The molecule has 6 rings (SSSR count). The van der Waals surface area contributed by atoms with Crippen molar-refractivity contribution in [2.24, 2.45) is 0 Å². The lowest BCUT2D eigenvalue weighted by atomic mass is 10.1. The fraction of sp³-hybridized carbons (Fsp3) is 0.286. The molecule has 4 aliphatic rings. The number of pyridine rings is 2. The van der Waals surface area contributed by atoms with E-state index in [1.165, 1.54) is 84.9 Å². The van der Waals surface area contributed by atoms with Crippen molar-refractivity contribution in [2.45, 2.75) is 39.5 Å². The first-order valence-electron chi connectivity index (χ1n) is 12.6. The van der Waals surface area contributed by atoms with Crippen molar-refractivity contribution in [1.29, 1.82) is 0 Å². The maximum atomic E-state index is 4.66. The van der Waals surface area contributed by atoms with Crippen LogP contribution < -0.4 is 0 Å². The van der Waals surface area contributed by atoms with Crippen LogP contribution in [-0.2, 0) is 0 Å². The highest BCUT2D eigenvalue weighted by Crippen LogP contribution is 2.65. The van der Waals surface area contributed by atoms with Gasteiger partial charge in [-0.25, -0.2) is 0 Å². The van der Waals surface area contributed by atoms with Crippen LogP contribution in [0.15, 0.2) is 78.5 Å². The van der Waals surface area contributed by atoms with E-state index in [4.69, 9.17) is 0 Å². The van der Waals surface area contributed by atoms with Crippen molar-refractivity contribution in [2.75, 3.05) is 11.5 Å². The molecule has 10 heteroatoms. The smallest absolute Gasteiger partial charge is 0.0971 e. The number of nitrogens with zero attached hydrogens (tertiary/aromatic N) is 2. The van der Waals surface area contributed by atoms with Gasteiger partial charge in [-0.3, -0.25) is 9.97 Å². The van der Waals surface area contributed by atoms with Crippen LogP contribution in [-0.4, -0.2) is 21.5 Å². The number of fused-ring (bicyclic) bond motifs is 3. The molecular formula is C28H26N2S8. The molecule has 0 radical (unpaired) electrons. The van der Waals surface area contributed by atoms with Crippen LogP contribution in [0.1, 0.15) is 50.7 Å². The summed E-state index contributed by atoms with van der Waals surface area (Å²) in [6.07, 6.45) is 8.83. The molecule has 2 aromatic rings. The summed E-state index contributed by atoms with van der Waals surface area (Å²) in [7, 11) is 0. The van der Waals surface area contributed by atoms with E-state index in [-0.39, 0.29) is 0 Å². The van der Waals surface area contributed by atoms with E-state index in [2.05, 4.69) is 70.3 Å². The van der Waals surface area contributed by atoms with Gasteiger partial charge in [0.1, 0.15) is 0 Å². The Balaban J connectivity index is 1.17. The third-order valence-electron chi connectivity index (χ3n) is 5.94. The molecule has 0 N–H and O–H groups in total. The van der Waals surface area contributed by atoms with Gasteiger partial charge in [0.05, 0.1) is 32.6 Å². The van der Waals surface area contributed by atoms with E-state index in [1.807, 2.05) is 95.1 Å². The molecular weight excluding hydrogens is 621 g/mol. The Morgan fingerprint density at radius 3 is 1.74 bits per heavy atom. The van der Waals surface area contributed by atoms with Crippen LogP contribution in [0.25, 0.3) is 17.0 Å². The third kappa shape index (κ3) is 5.89. The predicted molar refractivity (Wildman–Crippen MR) is 184 cm³/mol. The molecule has 0 aromatic carbocycles.